The lowest BCUT2D eigenvalue weighted by Gasteiger charge is -2.07. The molecule has 1 atom stereocenters. The molecule has 2 heterocycles. The minimum Gasteiger partial charge on any atom is -0.472 e. The summed E-state index contributed by atoms with van der Waals surface area (Å²) in [5.41, 5.74) is 1.68. The minimum atomic E-state index is -1.18. The Hall–Kier alpha value is -2.25. The lowest BCUT2D eigenvalue weighted by Crippen LogP contribution is -2.13. The van der Waals surface area contributed by atoms with Crippen LogP contribution in [-0.2, 0) is 10.8 Å². The molecule has 0 radical (unpaired) electrons. The molecule has 1 N–H and O–H groups in total. The quantitative estimate of drug-likeness (QED) is 0.795. The van der Waals surface area contributed by atoms with Crippen molar-refractivity contribution in [2.45, 2.75) is 4.90 Å². The Kier molecular flexibility index (Phi) is 4.17. The van der Waals surface area contributed by atoms with Gasteiger partial charge in [0.25, 0.3) is 5.91 Å². The number of hydrogen-bond donors (Lipinski definition) is 1. The van der Waals surface area contributed by atoms with Crippen LogP contribution in [0.1, 0.15) is 10.5 Å². The minimum absolute atomic E-state index is 0.317. The van der Waals surface area contributed by atoms with Crippen molar-refractivity contribution in [1.29, 1.82) is 0 Å². The molecule has 0 saturated heterocycles. The second-order valence-electron chi connectivity index (χ2n) is 4.45. The molecule has 0 spiro atoms. The van der Waals surface area contributed by atoms with E-state index < -0.39 is 10.8 Å². The fraction of sp³-hybridized carbons (Fsp3) is 0.0667. The van der Waals surface area contributed by atoms with Gasteiger partial charge in [0, 0.05) is 17.2 Å². The Labute approximate surface area is 133 Å². The second-order valence-corrected chi connectivity index (χ2v) is 6.66. The highest BCUT2D eigenvalue weighted by atomic mass is 32.2. The van der Waals surface area contributed by atoms with Crippen LogP contribution in [0.3, 0.4) is 0 Å². The molecule has 1 aromatic carbocycles. The molecule has 22 heavy (non-hydrogen) atoms. The van der Waals surface area contributed by atoms with Crippen LogP contribution in [0.5, 0.6) is 0 Å². The summed E-state index contributed by atoms with van der Waals surface area (Å²) in [5, 5.41) is 5.15. The number of benzene rings is 1. The number of nitrogens with one attached hydrogen (secondary N) is 1. The molecule has 5 nitrogen and oxygen atoms in total. The molecule has 0 aliphatic carbocycles. The largest absolute Gasteiger partial charge is 0.472 e. The summed E-state index contributed by atoms with van der Waals surface area (Å²) < 4.78 is 16.7. The highest BCUT2D eigenvalue weighted by Gasteiger charge is 2.15. The summed E-state index contributed by atoms with van der Waals surface area (Å²) in [6.07, 6.45) is 4.71. The molecule has 3 aromatic rings. The molecule has 0 fully saturated rings. The first-order valence-electron chi connectivity index (χ1n) is 6.37. The van der Waals surface area contributed by atoms with Crippen LogP contribution in [0.2, 0.25) is 0 Å². The zero-order chi connectivity index (χ0) is 15.5. The summed E-state index contributed by atoms with van der Waals surface area (Å²) in [4.78, 5) is 17.2. The number of amides is 1. The van der Waals surface area contributed by atoms with Gasteiger partial charge in [0.15, 0.2) is 0 Å². The zero-order valence-corrected chi connectivity index (χ0v) is 13.2. The molecule has 0 saturated carbocycles. The van der Waals surface area contributed by atoms with Gasteiger partial charge in [-0.3, -0.25) is 9.00 Å². The van der Waals surface area contributed by atoms with Crippen LogP contribution in [0.25, 0.3) is 10.6 Å². The third-order valence-corrected chi connectivity index (χ3v) is 4.82. The van der Waals surface area contributed by atoms with Gasteiger partial charge in [0.05, 0.1) is 27.6 Å². The number of aromatic nitrogens is 1. The third-order valence-electron chi connectivity index (χ3n) is 2.95. The molecule has 3 rings (SSSR count). The van der Waals surface area contributed by atoms with Gasteiger partial charge in [0.2, 0.25) is 0 Å². The lowest BCUT2D eigenvalue weighted by atomic mass is 10.3. The summed E-state index contributed by atoms with van der Waals surface area (Å²) in [6.45, 7) is 0. The monoisotopic (exact) mass is 332 g/mol. The number of hydrogen-bond acceptors (Lipinski definition) is 5. The number of nitrogens with zero attached hydrogens (tertiary/aromatic N) is 1. The zero-order valence-electron chi connectivity index (χ0n) is 11.6. The standard InChI is InChI=1S/C15H12N2O3S2/c1-22(19)13-5-3-2-4-11(13)16-14(18)12-9-21-15(17-12)10-6-7-20-8-10/h2-9H,1H3,(H,16,18)/t22-/m0/s1. The number of carbonyl (C=O) groups is 1. The number of rotatable bonds is 4. The van der Waals surface area contributed by atoms with Gasteiger partial charge >= 0.3 is 0 Å². The first-order chi connectivity index (χ1) is 10.6. The van der Waals surface area contributed by atoms with E-state index in [4.69, 9.17) is 4.42 Å². The van der Waals surface area contributed by atoms with Crippen LogP contribution >= 0.6 is 11.3 Å². The maximum atomic E-state index is 12.3. The van der Waals surface area contributed by atoms with Gasteiger partial charge in [-0.1, -0.05) is 12.1 Å². The molecule has 0 bridgehead atoms. The number of para-hydroxylation sites is 1. The predicted octanol–water partition coefficient (Wildman–Crippen LogP) is 3.39. The first kappa shape index (κ1) is 14.7. The van der Waals surface area contributed by atoms with Gasteiger partial charge < -0.3 is 9.73 Å². The van der Waals surface area contributed by atoms with E-state index in [0.717, 1.165) is 5.56 Å². The summed E-state index contributed by atoms with van der Waals surface area (Å²) >= 11 is 1.36. The molecule has 0 aliphatic rings. The molecule has 112 valence electrons. The fourth-order valence-corrected chi connectivity index (χ4v) is 3.39. The SMILES string of the molecule is C[S@](=O)c1ccccc1NC(=O)c1csc(-c2ccoc2)n1. The van der Waals surface area contributed by atoms with Crippen molar-refractivity contribution < 1.29 is 13.4 Å². The first-order valence-corrected chi connectivity index (χ1v) is 8.81. The highest BCUT2D eigenvalue weighted by Crippen LogP contribution is 2.25. The fourth-order valence-electron chi connectivity index (χ4n) is 1.90. The summed E-state index contributed by atoms with van der Waals surface area (Å²) in [6, 6.07) is 8.80. The summed E-state index contributed by atoms with van der Waals surface area (Å²) in [7, 11) is -1.18. The third kappa shape index (κ3) is 3.00. The van der Waals surface area contributed by atoms with E-state index in [1.807, 2.05) is 0 Å². The van der Waals surface area contributed by atoms with Crippen molar-refractivity contribution >= 4 is 33.7 Å². The van der Waals surface area contributed by atoms with Crippen molar-refractivity contribution in [2.75, 3.05) is 11.6 Å². The Bertz CT molecular complexity index is 825. The van der Waals surface area contributed by atoms with Crippen molar-refractivity contribution in [2.24, 2.45) is 0 Å². The van der Waals surface area contributed by atoms with Crippen LogP contribution in [0.4, 0.5) is 5.69 Å². The molecule has 2 aromatic heterocycles. The normalized spacial score (nSPS) is 12.0. The lowest BCUT2D eigenvalue weighted by molar-refractivity contribution is 0.102. The molecule has 0 unspecified atom stereocenters. The van der Waals surface area contributed by atoms with E-state index in [1.165, 1.54) is 11.3 Å². The molecule has 7 heteroatoms. The molecule has 1 amide bonds. The van der Waals surface area contributed by atoms with Crippen LogP contribution in [0, 0.1) is 0 Å². The highest BCUT2D eigenvalue weighted by molar-refractivity contribution is 7.84. The molecular weight excluding hydrogens is 320 g/mol. The average molecular weight is 332 g/mol. The topological polar surface area (TPSA) is 72.2 Å². The van der Waals surface area contributed by atoms with E-state index in [-0.39, 0.29) is 5.91 Å². The van der Waals surface area contributed by atoms with Crippen LogP contribution in [-0.4, -0.2) is 21.4 Å². The second kappa shape index (κ2) is 6.25. The van der Waals surface area contributed by atoms with Gasteiger partial charge in [-0.15, -0.1) is 11.3 Å². The van der Waals surface area contributed by atoms with E-state index in [9.17, 15) is 9.00 Å². The Morgan fingerprint density at radius 3 is 2.86 bits per heavy atom. The van der Waals surface area contributed by atoms with Crippen molar-refractivity contribution in [3.05, 3.63) is 53.9 Å². The molecule has 0 aliphatic heterocycles. The van der Waals surface area contributed by atoms with Crippen LogP contribution < -0.4 is 5.32 Å². The van der Waals surface area contributed by atoms with Gasteiger partial charge in [0.1, 0.15) is 17.0 Å². The van der Waals surface area contributed by atoms with Crippen LogP contribution in [0.15, 0.2) is 57.6 Å². The number of anilines is 1. The van der Waals surface area contributed by atoms with Gasteiger partial charge in [-0.05, 0) is 18.2 Å². The summed E-state index contributed by atoms with van der Waals surface area (Å²) in [5.74, 6) is -0.330. The average Bonchev–Trinajstić information content (AvgIpc) is 3.18. The van der Waals surface area contributed by atoms with Gasteiger partial charge in [-0.2, -0.15) is 0 Å². The number of thiazole rings is 1. The Morgan fingerprint density at radius 2 is 2.14 bits per heavy atom. The predicted molar refractivity (Wildman–Crippen MR) is 86.5 cm³/mol. The van der Waals surface area contributed by atoms with E-state index in [2.05, 4.69) is 10.3 Å². The maximum Gasteiger partial charge on any atom is 0.275 e. The molecular formula is C15H12N2O3S2. The smallest absolute Gasteiger partial charge is 0.275 e. The number of carbonyl (C=O) groups excluding carboxylic acids is 1. The van der Waals surface area contributed by atoms with E-state index in [0.29, 0.717) is 21.3 Å². The number of furan rings is 1. The van der Waals surface area contributed by atoms with Crippen molar-refractivity contribution in [3.63, 3.8) is 0 Å². The van der Waals surface area contributed by atoms with E-state index in [1.54, 1.807) is 54.5 Å². The van der Waals surface area contributed by atoms with Crippen molar-refractivity contribution in [3.8, 4) is 10.6 Å². The van der Waals surface area contributed by atoms with Gasteiger partial charge in [-0.25, -0.2) is 4.98 Å². The maximum absolute atomic E-state index is 12.3. The van der Waals surface area contributed by atoms with E-state index >= 15 is 0 Å². The Morgan fingerprint density at radius 1 is 1.32 bits per heavy atom. The Balaban J connectivity index is 1.82. The van der Waals surface area contributed by atoms with Crippen molar-refractivity contribution in [1.82, 2.24) is 4.98 Å².